The molecule has 0 radical (unpaired) electrons. The Morgan fingerprint density at radius 3 is 2.94 bits per heavy atom. The molecule has 0 aliphatic heterocycles. The zero-order chi connectivity index (χ0) is 11.5. The Kier molecular flexibility index (Phi) is 3.09. The van der Waals surface area contributed by atoms with Gasteiger partial charge in [0.05, 0.1) is 6.20 Å². The smallest absolute Gasteiger partial charge is 0.189 e. The monoisotopic (exact) mass is 283 g/mol. The van der Waals surface area contributed by atoms with Crippen LogP contribution < -0.4 is 0 Å². The second kappa shape index (κ2) is 4.52. The summed E-state index contributed by atoms with van der Waals surface area (Å²) < 4.78 is 14.1. The molecule has 1 aromatic carbocycles. The maximum atomic E-state index is 13.4. The molecule has 0 fully saturated rings. The van der Waals surface area contributed by atoms with Gasteiger partial charge in [-0.2, -0.15) is 15.4 Å². The van der Waals surface area contributed by atoms with E-state index in [1.165, 1.54) is 12.3 Å². The van der Waals surface area contributed by atoms with Crippen LogP contribution in [0.5, 0.6) is 0 Å². The number of halogens is 2. The van der Waals surface area contributed by atoms with Crippen LogP contribution in [-0.2, 0) is 6.42 Å². The van der Waals surface area contributed by atoms with Crippen molar-refractivity contribution in [1.82, 2.24) is 15.4 Å². The summed E-state index contributed by atoms with van der Waals surface area (Å²) in [5, 5.41) is 9.50. The Labute approximate surface area is 99.0 Å². The van der Waals surface area contributed by atoms with E-state index in [9.17, 15) is 9.18 Å². The number of nitrogens with one attached hydrogen (secondary N) is 1. The maximum absolute atomic E-state index is 13.4. The minimum absolute atomic E-state index is 0.0222. The van der Waals surface area contributed by atoms with Crippen molar-refractivity contribution in [3.8, 4) is 0 Å². The van der Waals surface area contributed by atoms with Crippen LogP contribution in [0.2, 0.25) is 0 Å². The number of ketones is 1. The van der Waals surface area contributed by atoms with E-state index in [1.54, 1.807) is 12.1 Å². The van der Waals surface area contributed by atoms with Gasteiger partial charge in [0.25, 0.3) is 0 Å². The highest BCUT2D eigenvalue weighted by atomic mass is 79.9. The number of hydrogen-bond donors (Lipinski definition) is 1. The summed E-state index contributed by atoms with van der Waals surface area (Å²) in [6.07, 6.45) is 1.30. The molecule has 1 N–H and O–H groups in total. The van der Waals surface area contributed by atoms with Gasteiger partial charge in [0.1, 0.15) is 11.5 Å². The molecule has 2 aromatic rings. The summed E-state index contributed by atoms with van der Waals surface area (Å²) in [6, 6.07) is 4.58. The van der Waals surface area contributed by atoms with E-state index in [-0.39, 0.29) is 17.9 Å². The Bertz CT molecular complexity index is 513. The molecule has 6 heteroatoms. The van der Waals surface area contributed by atoms with E-state index in [2.05, 4.69) is 31.3 Å². The van der Waals surface area contributed by atoms with Crippen molar-refractivity contribution >= 4 is 21.7 Å². The number of Topliss-reactive ketones (excluding diaryl/α,β-unsaturated/α-hetero) is 1. The normalized spacial score (nSPS) is 10.4. The minimum Gasteiger partial charge on any atom is -0.292 e. The Morgan fingerprint density at radius 2 is 2.31 bits per heavy atom. The highest BCUT2D eigenvalue weighted by Crippen LogP contribution is 2.16. The molecular formula is C10H7BrFN3O. The van der Waals surface area contributed by atoms with Gasteiger partial charge in [0.2, 0.25) is 0 Å². The lowest BCUT2D eigenvalue weighted by Crippen LogP contribution is -2.05. The maximum Gasteiger partial charge on any atom is 0.189 e. The summed E-state index contributed by atoms with van der Waals surface area (Å²) in [7, 11) is 0. The van der Waals surface area contributed by atoms with E-state index in [4.69, 9.17) is 0 Å². The fourth-order valence-corrected chi connectivity index (χ4v) is 1.60. The number of benzene rings is 1. The number of rotatable bonds is 3. The molecular weight excluding hydrogens is 277 g/mol. The molecule has 0 spiro atoms. The summed E-state index contributed by atoms with van der Waals surface area (Å²) >= 11 is 3.15. The zero-order valence-corrected chi connectivity index (χ0v) is 9.66. The molecule has 0 amide bonds. The van der Waals surface area contributed by atoms with Crippen molar-refractivity contribution in [2.45, 2.75) is 6.42 Å². The standard InChI is InChI=1S/C10H7BrFN3O/c11-7-2-1-6(8(12)4-7)3-10(16)9-5-13-15-14-9/h1-2,4-5H,3H2,(H,13,14,15). The molecule has 16 heavy (non-hydrogen) atoms. The molecule has 0 atom stereocenters. The van der Waals surface area contributed by atoms with Crippen LogP contribution in [-0.4, -0.2) is 21.2 Å². The van der Waals surface area contributed by atoms with E-state index >= 15 is 0 Å². The fourth-order valence-electron chi connectivity index (χ4n) is 1.26. The molecule has 0 aliphatic carbocycles. The van der Waals surface area contributed by atoms with Crippen LogP contribution in [0, 0.1) is 5.82 Å². The first-order valence-corrected chi connectivity index (χ1v) is 5.29. The topological polar surface area (TPSA) is 58.6 Å². The van der Waals surface area contributed by atoms with Gasteiger partial charge >= 0.3 is 0 Å². The van der Waals surface area contributed by atoms with Gasteiger partial charge in [0, 0.05) is 10.9 Å². The van der Waals surface area contributed by atoms with Gasteiger partial charge in [-0.15, -0.1) is 0 Å². The van der Waals surface area contributed by atoms with E-state index in [1.807, 2.05) is 0 Å². The van der Waals surface area contributed by atoms with Gasteiger partial charge < -0.3 is 0 Å². The first-order chi connectivity index (χ1) is 7.66. The number of nitrogens with zero attached hydrogens (tertiary/aromatic N) is 2. The Balaban J connectivity index is 2.18. The lowest BCUT2D eigenvalue weighted by atomic mass is 10.1. The van der Waals surface area contributed by atoms with Crippen molar-refractivity contribution in [1.29, 1.82) is 0 Å². The average molecular weight is 284 g/mol. The molecule has 0 bridgehead atoms. The van der Waals surface area contributed by atoms with Crippen LogP contribution in [0.4, 0.5) is 4.39 Å². The molecule has 2 rings (SSSR count). The first kappa shape index (κ1) is 10.9. The quantitative estimate of drug-likeness (QED) is 0.878. The van der Waals surface area contributed by atoms with Crippen molar-refractivity contribution in [2.24, 2.45) is 0 Å². The van der Waals surface area contributed by atoms with E-state index in [0.29, 0.717) is 10.0 Å². The van der Waals surface area contributed by atoms with Gasteiger partial charge in [0.15, 0.2) is 5.78 Å². The van der Waals surface area contributed by atoms with Gasteiger partial charge in [-0.05, 0) is 17.7 Å². The predicted molar refractivity (Wildman–Crippen MR) is 58.5 cm³/mol. The fraction of sp³-hybridized carbons (Fsp3) is 0.100. The third-order valence-corrected chi connectivity index (χ3v) is 2.56. The number of carbonyl (C=O) groups is 1. The lowest BCUT2D eigenvalue weighted by molar-refractivity contribution is 0.0987. The predicted octanol–water partition coefficient (Wildman–Crippen LogP) is 2.13. The van der Waals surface area contributed by atoms with E-state index in [0.717, 1.165) is 0 Å². The number of H-pyrrole nitrogens is 1. The first-order valence-electron chi connectivity index (χ1n) is 4.49. The zero-order valence-electron chi connectivity index (χ0n) is 8.08. The van der Waals surface area contributed by atoms with Crippen LogP contribution in [0.15, 0.2) is 28.9 Å². The molecule has 82 valence electrons. The van der Waals surface area contributed by atoms with Crippen LogP contribution in [0.3, 0.4) is 0 Å². The highest BCUT2D eigenvalue weighted by Gasteiger charge is 2.12. The Hall–Kier alpha value is -1.56. The van der Waals surface area contributed by atoms with Gasteiger partial charge in [-0.3, -0.25) is 4.79 Å². The number of aromatic nitrogens is 3. The second-order valence-corrected chi connectivity index (χ2v) is 4.11. The van der Waals surface area contributed by atoms with Crippen molar-refractivity contribution < 1.29 is 9.18 Å². The molecule has 0 saturated carbocycles. The summed E-state index contributed by atoms with van der Waals surface area (Å²) in [5.41, 5.74) is 0.554. The second-order valence-electron chi connectivity index (χ2n) is 3.19. The SMILES string of the molecule is O=C(Cc1ccc(Br)cc1F)c1cn[nH]n1. The Morgan fingerprint density at radius 1 is 1.50 bits per heavy atom. The van der Waals surface area contributed by atoms with Gasteiger partial charge in [-0.25, -0.2) is 4.39 Å². The largest absolute Gasteiger partial charge is 0.292 e. The highest BCUT2D eigenvalue weighted by molar-refractivity contribution is 9.10. The summed E-state index contributed by atoms with van der Waals surface area (Å²) in [6.45, 7) is 0. The molecule has 0 unspecified atom stereocenters. The van der Waals surface area contributed by atoms with Crippen LogP contribution in [0.1, 0.15) is 16.1 Å². The molecule has 1 aromatic heterocycles. The number of aromatic amines is 1. The van der Waals surface area contributed by atoms with Crippen LogP contribution >= 0.6 is 15.9 Å². The third kappa shape index (κ3) is 2.33. The van der Waals surface area contributed by atoms with E-state index < -0.39 is 5.82 Å². The molecule has 4 nitrogen and oxygen atoms in total. The average Bonchev–Trinajstić information content (AvgIpc) is 2.75. The lowest BCUT2D eigenvalue weighted by Gasteiger charge is -2.01. The van der Waals surface area contributed by atoms with Crippen molar-refractivity contribution in [2.75, 3.05) is 0 Å². The summed E-state index contributed by atoms with van der Waals surface area (Å²) in [4.78, 5) is 11.6. The summed E-state index contributed by atoms with van der Waals surface area (Å²) in [5.74, 6) is -0.679. The molecule has 1 heterocycles. The number of hydrogen-bond acceptors (Lipinski definition) is 3. The van der Waals surface area contributed by atoms with Crippen LogP contribution in [0.25, 0.3) is 0 Å². The van der Waals surface area contributed by atoms with Crippen molar-refractivity contribution in [3.63, 3.8) is 0 Å². The molecule has 0 saturated heterocycles. The third-order valence-electron chi connectivity index (χ3n) is 2.07. The van der Waals surface area contributed by atoms with Crippen molar-refractivity contribution in [3.05, 3.63) is 45.9 Å². The van der Waals surface area contributed by atoms with Gasteiger partial charge in [-0.1, -0.05) is 22.0 Å². The molecule has 0 aliphatic rings. The minimum atomic E-state index is -0.411. The number of carbonyl (C=O) groups excluding carboxylic acids is 1.